The van der Waals surface area contributed by atoms with Crippen molar-refractivity contribution in [2.45, 2.75) is 19.1 Å². The maximum absolute atomic E-state index is 14.6. The van der Waals surface area contributed by atoms with Gasteiger partial charge in [0.05, 0.1) is 29.9 Å². The Morgan fingerprint density at radius 2 is 1.68 bits per heavy atom. The molecule has 3 aromatic carbocycles. The van der Waals surface area contributed by atoms with Crippen molar-refractivity contribution in [3.8, 4) is 5.69 Å². The molecule has 0 aliphatic carbocycles. The van der Waals surface area contributed by atoms with Gasteiger partial charge < -0.3 is 10.6 Å². The largest absolute Gasteiger partial charge is 0.435 e. The van der Waals surface area contributed by atoms with E-state index in [4.69, 9.17) is 11.6 Å². The SMILES string of the molecule is O=C(Cc1ccc(C(=O)Nc2ccc(F)cc2)c(F)c1)NCc1cc(C(F)(F)F)nn1-c1cccc(Cl)c1. The highest BCUT2D eigenvalue weighted by molar-refractivity contribution is 6.30. The first-order valence-electron chi connectivity index (χ1n) is 11.0. The third kappa shape index (κ3) is 6.54. The zero-order valence-electron chi connectivity index (χ0n) is 19.3. The lowest BCUT2D eigenvalue weighted by molar-refractivity contribution is -0.141. The molecule has 1 heterocycles. The van der Waals surface area contributed by atoms with Crippen LogP contribution < -0.4 is 10.6 Å². The molecule has 2 amide bonds. The summed E-state index contributed by atoms with van der Waals surface area (Å²) < 4.78 is 68.4. The minimum Gasteiger partial charge on any atom is -0.350 e. The number of hydrogen-bond donors (Lipinski definition) is 2. The number of hydrogen-bond acceptors (Lipinski definition) is 3. The van der Waals surface area contributed by atoms with Crippen LogP contribution in [0.1, 0.15) is 27.3 Å². The molecule has 0 unspecified atom stereocenters. The molecule has 0 radical (unpaired) electrons. The second-order valence-electron chi connectivity index (χ2n) is 8.14. The van der Waals surface area contributed by atoms with E-state index in [0.29, 0.717) is 5.02 Å². The van der Waals surface area contributed by atoms with Crippen LogP contribution in [0.25, 0.3) is 5.69 Å². The predicted octanol–water partition coefficient (Wildman–Crippen LogP) is 5.93. The molecular formula is C26H18ClF5N4O2. The number of nitrogens with zero attached hydrogens (tertiary/aromatic N) is 2. The highest BCUT2D eigenvalue weighted by Gasteiger charge is 2.35. The number of carbonyl (C=O) groups excluding carboxylic acids is 2. The van der Waals surface area contributed by atoms with Crippen LogP contribution in [0.5, 0.6) is 0 Å². The molecule has 0 spiro atoms. The summed E-state index contributed by atoms with van der Waals surface area (Å²) in [7, 11) is 0. The zero-order chi connectivity index (χ0) is 27.4. The highest BCUT2D eigenvalue weighted by atomic mass is 35.5. The first-order valence-corrected chi connectivity index (χ1v) is 11.4. The standard InChI is InChI=1S/C26H18ClF5N4O2/c27-16-2-1-3-19(12-16)36-20(13-23(35-36)26(30,31)32)14-33-24(37)11-15-4-9-21(22(29)10-15)25(38)34-18-7-5-17(28)6-8-18/h1-10,12-13H,11,14H2,(H,33,37)(H,34,38). The molecule has 0 saturated heterocycles. The topological polar surface area (TPSA) is 76.0 Å². The van der Waals surface area contributed by atoms with Crippen LogP contribution >= 0.6 is 11.6 Å². The van der Waals surface area contributed by atoms with E-state index in [1.54, 1.807) is 12.1 Å². The van der Waals surface area contributed by atoms with Crippen LogP contribution in [0, 0.1) is 11.6 Å². The monoisotopic (exact) mass is 548 g/mol. The van der Waals surface area contributed by atoms with E-state index in [1.165, 1.54) is 36.4 Å². The van der Waals surface area contributed by atoms with Crippen molar-refractivity contribution in [1.29, 1.82) is 0 Å². The van der Waals surface area contributed by atoms with Gasteiger partial charge in [0.25, 0.3) is 5.91 Å². The Balaban J connectivity index is 1.43. The molecule has 2 N–H and O–H groups in total. The van der Waals surface area contributed by atoms with Crippen molar-refractivity contribution in [2.24, 2.45) is 0 Å². The van der Waals surface area contributed by atoms with E-state index in [9.17, 15) is 31.5 Å². The maximum atomic E-state index is 14.6. The average molecular weight is 549 g/mol. The van der Waals surface area contributed by atoms with Gasteiger partial charge in [-0.15, -0.1) is 0 Å². The fourth-order valence-corrected chi connectivity index (χ4v) is 3.72. The molecule has 0 bridgehead atoms. The molecule has 196 valence electrons. The first kappa shape index (κ1) is 26.8. The molecule has 0 atom stereocenters. The van der Waals surface area contributed by atoms with Crippen molar-refractivity contribution >= 4 is 29.1 Å². The Bertz CT molecular complexity index is 1490. The summed E-state index contributed by atoms with van der Waals surface area (Å²) in [4.78, 5) is 24.8. The second kappa shape index (κ2) is 11.0. The number of aromatic nitrogens is 2. The maximum Gasteiger partial charge on any atom is 0.435 e. The average Bonchev–Trinajstić information content (AvgIpc) is 3.29. The van der Waals surface area contributed by atoms with Crippen molar-refractivity contribution in [1.82, 2.24) is 15.1 Å². The van der Waals surface area contributed by atoms with Gasteiger partial charge in [0, 0.05) is 10.7 Å². The summed E-state index contributed by atoms with van der Waals surface area (Å²) in [5.74, 6) is -2.74. The number of halogens is 6. The van der Waals surface area contributed by atoms with Gasteiger partial charge >= 0.3 is 6.18 Å². The molecule has 0 saturated carbocycles. The molecule has 4 rings (SSSR count). The molecule has 0 aliphatic rings. The van der Waals surface area contributed by atoms with Gasteiger partial charge in [0.15, 0.2) is 5.69 Å². The van der Waals surface area contributed by atoms with Crippen molar-refractivity contribution in [2.75, 3.05) is 5.32 Å². The van der Waals surface area contributed by atoms with Gasteiger partial charge in [-0.05, 0) is 66.2 Å². The lowest BCUT2D eigenvalue weighted by atomic mass is 10.1. The third-order valence-electron chi connectivity index (χ3n) is 5.34. The van der Waals surface area contributed by atoms with Gasteiger partial charge in [0.1, 0.15) is 11.6 Å². The second-order valence-corrected chi connectivity index (χ2v) is 8.58. The van der Waals surface area contributed by atoms with Gasteiger partial charge in [-0.25, -0.2) is 13.5 Å². The molecule has 12 heteroatoms. The number of alkyl halides is 3. The first-order chi connectivity index (χ1) is 18.0. The van der Waals surface area contributed by atoms with E-state index >= 15 is 0 Å². The summed E-state index contributed by atoms with van der Waals surface area (Å²) in [6, 6.07) is 15.4. The van der Waals surface area contributed by atoms with Crippen LogP contribution in [0.15, 0.2) is 72.8 Å². The Kier molecular flexibility index (Phi) is 7.77. The molecular weight excluding hydrogens is 531 g/mol. The smallest absolute Gasteiger partial charge is 0.350 e. The Morgan fingerprint density at radius 3 is 2.34 bits per heavy atom. The molecule has 6 nitrogen and oxygen atoms in total. The van der Waals surface area contributed by atoms with E-state index in [-0.39, 0.29) is 41.2 Å². The van der Waals surface area contributed by atoms with Crippen molar-refractivity contribution in [3.05, 3.63) is 112 Å². The van der Waals surface area contributed by atoms with Crippen molar-refractivity contribution < 1.29 is 31.5 Å². The number of carbonyl (C=O) groups is 2. The van der Waals surface area contributed by atoms with Gasteiger partial charge in [-0.3, -0.25) is 9.59 Å². The Morgan fingerprint density at radius 1 is 0.947 bits per heavy atom. The number of nitrogens with one attached hydrogen (secondary N) is 2. The van der Waals surface area contributed by atoms with E-state index < -0.39 is 35.3 Å². The van der Waals surface area contributed by atoms with Crippen molar-refractivity contribution in [3.63, 3.8) is 0 Å². The van der Waals surface area contributed by atoms with Crippen LogP contribution in [0.4, 0.5) is 27.6 Å². The summed E-state index contributed by atoms with van der Waals surface area (Å²) in [6.07, 6.45) is -5.00. The van der Waals surface area contributed by atoms with Crippen LogP contribution in [0.3, 0.4) is 0 Å². The normalized spacial score (nSPS) is 11.3. The number of amides is 2. The van der Waals surface area contributed by atoms with Crippen LogP contribution in [0.2, 0.25) is 5.02 Å². The minimum atomic E-state index is -4.70. The fourth-order valence-electron chi connectivity index (χ4n) is 3.54. The number of benzene rings is 3. The highest BCUT2D eigenvalue weighted by Crippen LogP contribution is 2.30. The lowest BCUT2D eigenvalue weighted by Crippen LogP contribution is -2.26. The molecule has 4 aromatic rings. The van der Waals surface area contributed by atoms with Gasteiger partial charge in [0.2, 0.25) is 5.91 Å². The van der Waals surface area contributed by atoms with Gasteiger partial charge in [-0.1, -0.05) is 23.7 Å². The predicted molar refractivity (Wildman–Crippen MR) is 130 cm³/mol. The Labute approximate surface area is 218 Å². The van der Waals surface area contributed by atoms with Crippen LogP contribution in [-0.4, -0.2) is 21.6 Å². The summed E-state index contributed by atoms with van der Waals surface area (Å²) in [5.41, 5.74) is -0.606. The number of anilines is 1. The fraction of sp³-hybridized carbons (Fsp3) is 0.115. The zero-order valence-corrected chi connectivity index (χ0v) is 20.1. The Hall–Kier alpha value is -4.25. The van der Waals surface area contributed by atoms with Gasteiger partial charge in [-0.2, -0.15) is 18.3 Å². The number of rotatable bonds is 7. The molecule has 1 aromatic heterocycles. The third-order valence-corrected chi connectivity index (χ3v) is 5.57. The van der Waals surface area contributed by atoms with E-state index in [1.807, 2.05) is 0 Å². The molecule has 38 heavy (non-hydrogen) atoms. The van der Waals surface area contributed by atoms with E-state index in [0.717, 1.165) is 28.9 Å². The summed E-state index contributed by atoms with van der Waals surface area (Å²) in [5, 5.41) is 8.83. The van der Waals surface area contributed by atoms with Crippen LogP contribution in [-0.2, 0) is 23.9 Å². The quantitative estimate of drug-likeness (QED) is 0.281. The lowest BCUT2D eigenvalue weighted by Gasteiger charge is -2.10. The summed E-state index contributed by atoms with van der Waals surface area (Å²) >= 11 is 5.95. The molecule has 0 aliphatic heterocycles. The van der Waals surface area contributed by atoms with E-state index in [2.05, 4.69) is 15.7 Å². The minimum absolute atomic E-state index is 0.0481. The summed E-state index contributed by atoms with van der Waals surface area (Å²) in [6.45, 7) is -0.297. The molecule has 0 fully saturated rings.